The number of aromatic nitrogens is 4. The van der Waals surface area contributed by atoms with E-state index in [0.717, 1.165) is 47.8 Å². The maximum Gasteiger partial charge on any atom is 0.267 e. The lowest BCUT2D eigenvalue weighted by atomic mass is 10.2. The molecule has 0 spiro atoms. The van der Waals surface area contributed by atoms with Gasteiger partial charge in [-0.2, -0.15) is 13.8 Å². The normalized spacial score (nSPS) is 14.5. The standard InChI is InChI=1S/C16H15N5O2S/c1-9(21-14(22)8-10-4-2-5-11(10)18-21)16(23)17-12-6-3-7-13-15(12)20-24-19-13/h3,6-9H,2,4-5H2,1H3,(H,17,23)/t9-/m0/s1. The monoisotopic (exact) mass is 341 g/mol. The molecule has 8 heteroatoms. The average molecular weight is 341 g/mol. The van der Waals surface area contributed by atoms with Crippen LogP contribution in [0.5, 0.6) is 0 Å². The highest BCUT2D eigenvalue weighted by Crippen LogP contribution is 2.22. The Balaban J connectivity index is 1.63. The molecule has 0 fully saturated rings. The predicted octanol–water partition coefficient (Wildman–Crippen LogP) is 1.94. The van der Waals surface area contributed by atoms with Gasteiger partial charge in [0.15, 0.2) is 0 Å². The van der Waals surface area contributed by atoms with Crippen molar-refractivity contribution < 1.29 is 4.79 Å². The molecule has 1 amide bonds. The summed E-state index contributed by atoms with van der Waals surface area (Å²) in [4.78, 5) is 24.8. The first-order chi connectivity index (χ1) is 11.6. The highest BCUT2D eigenvalue weighted by molar-refractivity contribution is 7.00. The molecule has 2 aromatic heterocycles. The summed E-state index contributed by atoms with van der Waals surface area (Å²) < 4.78 is 9.62. The second kappa shape index (κ2) is 5.79. The number of carbonyl (C=O) groups is 1. The summed E-state index contributed by atoms with van der Waals surface area (Å²) in [7, 11) is 0. The number of carbonyl (C=O) groups excluding carboxylic acids is 1. The second-order valence-corrected chi connectivity index (χ2v) is 6.38. The van der Waals surface area contributed by atoms with E-state index in [0.29, 0.717) is 11.2 Å². The van der Waals surface area contributed by atoms with Gasteiger partial charge in [-0.25, -0.2) is 4.68 Å². The molecule has 122 valence electrons. The Morgan fingerprint density at radius 1 is 1.33 bits per heavy atom. The number of nitrogens with one attached hydrogen (secondary N) is 1. The third-order valence-electron chi connectivity index (χ3n) is 4.27. The fourth-order valence-electron chi connectivity index (χ4n) is 2.95. The summed E-state index contributed by atoms with van der Waals surface area (Å²) in [5, 5.41) is 7.21. The van der Waals surface area contributed by atoms with Gasteiger partial charge in [0.05, 0.1) is 23.1 Å². The van der Waals surface area contributed by atoms with Gasteiger partial charge in [0.2, 0.25) is 5.91 Å². The quantitative estimate of drug-likeness (QED) is 0.786. The average Bonchev–Trinajstić information content (AvgIpc) is 3.22. The van der Waals surface area contributed by atoms with Crippen molar-refractivity contribution in [2.24, 2.45) is 0 Å². The van der Waals surface area contributed by atoms with Gasteiger partial charge in [-0.1, -0.05) is 6.07 Å². The summed E-state index contributed by atoms with van der Waals surface area (Å²) in [6.45, 7) is 1.67. The summed E-state index contributed by atoms with van der Waals surface area (Å²) in [5.41, 5.74) is 3.65. The topological polar surface area (TPSA) is 89.8 Å². The van der Waals surface area contributed by atoms with E-state index in [4.69, 9.17) is 0 Å². The molecule has 0 saturated carbocycles. The molecule has 7 nitrogen and oxygen atoms in total. The van der Waals surface area contributed by atoms with Gasteiger partial charge < -0.3 is 5.32 Å². The molecule has 0 saturated heterocycles. The van der Waals surface area contributed by atoms with Gasteiger partial charge in [-0.3, -0.25) is 9.59 Å². The zero-order valence-corrected chi connectivity index (χ0v) is 13.8. The molecule has 0 aliphatic heterocycles. The molecule has 0 radical (unpaired) electrons. The second-order valence-electron chi connectivity index (χ2n) is 5.86. The Morgan fingerprint density at radius 2 is 2.21 bits per heavy atom. The predicted molar refractivity (Wildman–Crippen MR) is 91.3 cm³/mol. The number of anilines is 1. The van der Waals surface area contributed by atoms with Crippen molar-refractivity contribution in [2.75, 3.05) is 5.32 Å². The van der Waals surface area contributed by atoms with Crippen LogP contribution in [0.15, 0.2) is 29.1 Å². The lowest BCUT2D eigenvalue weighted by Gasteiger charge is -2.15. The van der Waals surface area contributed by atoms with Crippen molar-refractivity contribution in [2.45, 2.75) is 32.2 Å². The molecule has 3 aromatic rings. The lowest BCUT2D eigenvalue weighted by Crippen LogP contribution is -2.34. The maximum atomic E-state index is 12.6. The van der Waals surface area contributed by atoms with Crippen LogP contribution in [0, 0.1) is 0 Å². The summed E-state index contributed by atoms with van der Waals surface area (Å²) in [6.07, 6.45) is 2.75. The van der Waals surface area contributed by atoms with E-state index in [-0.39, 0.29) is 11.5 Å². The third kappa shape index (κ3) is 2.48. The van der Waals surface area contributed by atoms with Crippen LogP contribution in [0.2, 0.25) is 0 Å². The van der Waals surface area contributed by atoms with E-state index in [9.17, 15) is 9.59 Å². The number of hydrogen-bond acceptors (Lipinski definition) is 6. The first-order valence-corrected chi connectivity index (χ1v) is 8.50. The smallest absolute Gasteiger partial charge is 0.267 e. The Morgan fingerprint density at radius 3 is 3.08 bits per heavy atom. The fourth-order valence-corrected chi connectivity index (χ4v) is 3.50. The molecular formula is C16H15N5O2S. The van der Waals surface area contributed by atoms with Gasteiger partial charge in [-0.05, 0) is 43.9 Å². The van der Waals surface area contributed by atoms with Crippen molar-refractivity contribution in [3.8, 4) is 0 Å². The van der Waals surface area contributed by atoms with Crippen LogP contribution in [0.25, 0.3) is 11.0 Å². The SMILES string of the molecule is C[C@@H](C(=O)Nc1cccc2nsnc12)n1nc2c(cc1=O)CCC2. The van der Waals surface area contributed by atoms with E-state index in [2.05, 4.69) is 19.2 Å². The van der Waals surface area contributed by atoms with Crippen molar-refractivity contribution in [3.05, 3.63) is 45.9 Å². The van der Waals surface area contributed by atoms with E-state index >= 15 is 0 Å². The Kier molecular flexibility index (Phi) is 3.61. The van der Waals surface area contributed by atoms with Crippen LogP contribution in [-0.4, -0.2) is 24.4 Å². The van der Waals surface area contributed by atoms with Gasteiger partial charge in [-0.15, -0.1) is 0 Å². The Bertz CT molecular complexity index is 994. The number of aryl methyl sites for hydroxylation is 2. The van der Waals surface area contributed by atoms with Crippen LogP contribution in [0.3, 0.4) is 0 Å². The lowest BCUT2D eigenvalue weighted by molar-refractivity contribution is -0.119. The van der Waals surface area contributed by atoms with Crippen LogP contribution in [0.1, 0.15) is 30.6 Å². The van der Waals surface area contributed by atoms with Gasteiger partial charge in [0, 0.05) is 6.07 Å². The van der Waals surface area contributed by atoms with Crippen molar-refractivity contribution in [1.29, 1.82) is 0 Å². The molecule has 2 heterocycles. The third-order valence-corrected chi connectivity index (χ3v) is 4.82. The molecule has 1 atom stereocenters. The summed E-state index contributed by atoms with van der Waals surface area (Å²) in [5.74, 6) is -0.303. The van der Waals surface area contributed by atoms with Gasteiger partial charge >= 0.3 is 0 Å². The van der Waals surface area contributed by atoms with E-state index in [1.807, 2.05) is 12.1 Å². The minimum Gasteiger partial charge on any atom is -0.322 e. The minimum atomic E-state index is -0.703. The highest BCUT2D eigenvalue weighted by Gasteiger charge is 2.22. The fraction of sp³-hybridized carbons (Fsp3) is 0.312. The van der Waals surface area contributed by atoms with Crippen LogP contribution < -0.4 is 10.9 Å². The maximum absolute atomic E-state index is 12.6. The van der Waals surface area contributed by atoms with E-state index < -0.39 is 6.04 Å². The summed E-state index contributed by atoms with van der Waals surface area (Å²) in [6, 6.07) is 6.32. The van der Waals surface area contributed by atoms with Crippen LogP contribution in [0.4, 0.5) is 5.69 Å². The van der Waals surface area contributed by atoms with Crippen molar-refractivity contribution >= 4 is 34.4 Å². The van der Waals surface area contributed by atoms with Crippen LogP contribution >= 0.6 is 11.7 Å². The van der Waals surface area contributed by atoms with Crippen LogP contribution in [-0.2, 0) is 17.6 Å². The molecular weight excluding hydrogens is 326 g/mol. The van der Waals surface area contributed by atoms with Gasteiger partial charge in [0.1, 0.15) is 17.1 Å². The van der Waals surface area contributed by atoms with Crippen molar-refractivity contribution in [1.82, 2.24) is 18.5 Å². The molecule has 4 rings (SSSR count). The zero-order chi connectivity index (χ0) is 16.7. The highest BCUT2D eigenvalue weighted by atomic mass is 32.1. The zero-order valence-electron chi connectivity index (χ0n) is 13.0. The number of benzene rings is 1. The molecule has 1 aromatic carbocycles. The number of fused-ring (bicyclic) bond motifs is 2. The molecule has 0 unspecified atom stereocenters. The molecule has 1 aliphatic carbocycles. The summed E-state index contributed by atoms with van der Waals surface area (Å²) >= 11 is 1.10. The number of rotatable bonds is 3. The molecule has 0 bridgehead atoms. The first-order valence-electron chi connectivity index (χ1n) is 7.77. The molecule has 24 heavy (non-hydrogen) atoms. The molecule has 1 N–H and O–H groups in total. The number of nitrogens with zero attached hydrogens (tertiary/aromatic N) is 4. The Labute approximate surface area is 141 Å². The van der Waals surface area contributed by atoms with E-state index in [1.54, 1.807) is 19.1 Å². The van der Waals surface area contributed by atoms with E-state index in [1.165, 1.54) is 4.68 Å². The van der Waals surface area contributed by atoms with Crippen molar-refractivity contribution in [3.63, 3.8) is 0 Å². The largest absolute Gasteiger partial charge is 0.322 e. The number of amides is 1. The first kappa shape index (κ1) is 14.9. The number of hydrogen-bond donors (Lipinski definition) is 1. The minimum absolute atomic E-state index is 0.244. The Hall–Kier alpha value is -2.61. The van der Waals surface area contributed by atoms with Gasteiger partial charge in [0.25, 0.3) is 5.56 Å². The molecule has 1 aliphatic rings.